The summed E-state index contributed by atoms with van der Waals surface area (Å²) in [6.45, 7) is 12.5. The SMILES string of the molecule is CCC(C)(C)CN1C(=O)C(C)(CC)NC(=O)C1C. The van der Waals surface area contributed by atoms with Gasteiger partial charge in [0.2, 0.25) is 11.8 Å². The van der Waals surface area contributed by atoms with Crippen LogP contribution in [-0.4, -0.2) is 34.8 Å². The molecule has 0 radical (unpaired) electrons. The lowest BCUT2D eigenvalue weighted by Gasteiger charge is -2.45. The molecular formula is C14H26N2O2. The van der Waals surface area contributed by atoms with Crippen molar-refractivity contribution in [3.05, 3.63) is 0 Å². The maximum absolute atomic E-state index is 12.5. The largest absolute Gasteiger partial charge is 0.340 e. The van der Waals surface area contributed by atoms with Crippen molar-refractivity contribution in [2.24, 2.45) is 5.41 Å². The summed E-state index contributed by atoms with van der Waals surface area (Å²) in [4.78, 5) is 26.3. The Kier molecular flexibility index (Phi) is 4.08. The molecule has 18 heavy (non-hydrogen) atoms. The van der Waals surface area contributed by atoms with Crippen LogP contribution in [0.1, 0.15) is 54.4 Å². The zero-order valence-corrected chi connectivity index (χ0v) is 12.5. The molecule has 1 saturated heterocycles. The van der Waals surface area contributed by atoms with E-state index in [9.17, 15) is 9.59 Å². The van der Waals surface area contributed by atoms with Gasteiger partial charge in [-0.05, 0) is 32.1 Å². The molecule has 0 spiro atoms. The Labute approximate surface area is 110 Å². The van der Waals surface area contributed by atoms with Crippen LogP contribution in [0.5, 0.6) is 0 Å². The van der Waals surface area contributed by atoms with Crippen molar-refractivity contribution in [3.8, 4) is 0 Å². The van der Waals surface area contributed by atoms with Gasteiger partial charge in [0.1, 0.15) is 11.6 Å². The minimum Gasteiger partial charge on any atom is -0.340 e. The van der Waals surface area contributed by atoms with E-state index in [0.717, 1.165) is 6.42 Å². The van der Waals surface area contributed by atoms with Gasteiger partial charge in [0, 0.05) is 6.54 Å². The van der Waals surface area contributed by atoms with Gasteiger partial charge < -0.3 is 10.2 Å². The van der Waals surface area contributed by atoms with Crippen molar-refractivity contribution in [2.45, 2.75) is 66.0 Å². The molecule has 1 aliphatic heterocycles. The Bertz CT molecular complexity index is 352. The van der Waals surface area contributed by atoms with Crippen LogP contribution in [0.3, 0.4) is 0 Å². The molecule has 0 aromatic rings. The Morgan fingerprint density at radius 2 is 1.89 bits per heavy atom. The molecule has 0 aromatic carbocycles. The minimum atomic E-state index is -0.743. The van der Waals surface area contributed by atoms with Crippen LogP contribution in [0.25, 0.3) is 0 Å². The summed E-state index contributed by atoms with van der Waals surface area (Å²) < 4.78 is 0. The monoisotopic (exact) mass is 254 g/mol. The highest BCUT2D eigenvalue weighted by Gasteiger charge is 2.46. The van der Waals surface area contributed by atoms with Gasteiger partial charge in [-0.25, -0.2) is 0 Å². The number of nitrogens with one attached hydrogen (secondary N) is 1. The zero-order valence-electron chi connectivity index (χ0n) is 12.5. The standard InChI is InChI=1S/C14H26N2O2/c1-7-13(4,5)9-16-10(3)11(17)15-14(6,8-2)12(16)18/h10H,7-9H2,1-6H3,(H,15,17). The van der Waals surface area contributed by atoms with E-state index in [4.69, 9.17) is 0 Å². The van der Waals surface area contributed by atoms with Crippen LogP contribution in [0.15, 0.2) is 0 Å². The van der Waals surface area contributed by atoms with Crippen LogP contribution in [-0.2, 0) is 9.59 Å². The molecule has 0 aliphatic carbocycles. The first-order chi connectivity index (χ1) is 8.17. The van der Waals surface area contributed by atoms with Gasteiger partial charge in [-0.15, -0.1) is 0 Å². The molecule has 1 rings (SSSR count). The molecule has 4 heteroatoms. The summed E-state index contributed by atoms with van der Waals surface area (Å²) in [6, 6.07) is -0.372. The van der Waals surface area contributed by atoms with Gasteiger partial charge in [-0.3, -0.25) is 9.59 Å². The normalized spacial score (nSPS) is 29.4. The van der Waals surface area contributed by atoms with E-state index < -0.39 is 5.54 Å². The molecule has 0 saturated carbocycles. The van der Waals surface area contributed by atoms with E-state index in [1.54, 1.807) is 11.8 Å². The molecule has 1 heterocycles. The molecule has 1 fully saturated rings. The number of piperazine rings is 1. The summed E-state index contributed by atoms with van der Waals surface area (Å²) >= 11 is 0. The average molecular weight is 254 g/mol. The Morgan fingerprint density at radius 3 is 2.33 bits per heavy atom. The molecule has 0 aromatic heterocycles. The van der Waals surface area contributed by atoms with Gasteiger partial charge >= 0.3 is 0 Å². The van der Waals surface area contributed by atoms with E-state index in [2.05, 4.69) is 26.1 Å². The Balaban J connectivity index is 3.00. The zero-order chi connectivity index (χ0) is 14.1. The first kappa shape index (κ1) is 15.0. The molecule has 1 N–H and O–H groups in total. The van der Waals surface area contributed by atoms with Gasteiger partial charge in [-0.2, -0.15) is 0 Å². The third-order valence-corrected chi connectivity index (χ3v) is 4.24. The molecule has 104 valence electrons. The molecule has 4 nitrogen and oxygen atoms in total. The average Bonchev–Trinajstić information content (AvgIpc) is 2.32. The summed E-state index contributed by atoms with van der Waals surface area (Å²) in [5.74, 6) is -0.00974. The maximum Gasteiger partial charge on any atom is 0.248 e. The van der Waals surface area contributed by atoms with Crippen LogP contribution in [0.4, 0.5) is 0 Å². The van der Waals surface area contributed by atoms with Crippen LogP contribution >= 0.6 is 0 Å². The molecule has 0 bridgehead atoms. The number of carbonyl (C=O) groups excluding carboxylic acids is 2. The van der Waals surface area contributed by atoms with Crippen LogP contribution in [0, 0.1) is 5.41 Å². The van der Waals surface area contributed by atoms with Crippen molar-refractivity contribution < 1.29 is 9.59 Å². The molecule has 2 unspecified atom stereocenters. The maximum atomic E-state index is 12.5. The topological polar surface area (TPSA) is 49.4 Å². The smallest absolute Gasteiger partial charge is 0.248 e. The van der Waals surface area contributed by atoms with Crippen LogP contribution < -0.4 is 5.32 Å². The lowest BCUT2D eigenvalue weighted by atomic mass is 9.86. The molecule has 1 aliphatic rings. The fourth-order valence-electron chi connectivity index (χ4n) is 2.09. The fourth-order valence-corrected chi connectivity index (χ4v) is 2.09. The van der Waals surface area contributed by atoms with E-state index in [1.165, 1.54) is 0 Å². The van der Waals surface area contributed by atoms with Crippen molar-refractivity contribution in [3.63, 3.8) is 0 Å². The molecular weight excluding hydrogens is 228 g/mol. The highest BCUT2D eigenvalue weighted by atomic mass is 16.2. The lowest BCUT2D eigenvalue weighted by molar-refractivity contribution is -0.155. The molecule has 2 amide bonds. The second-order valence-corrected chi connectivity index (χ2v) is 6.30. The van der Waals surface area contributed by atoms with Crippen molar-refractivity contribution in [2.75, 3.05) is 6.54 Å². The van der Waals surface area contributed by atoms with E-state index >= 15 is 0 Å². The summed E-state index contributed by atoms with van der Waals surface area (Å²) in [5.41, 5.74) is -0.705. The third kappa shape index (κ3) is 2.68. The highest BCUT2D eigenvalue weighted by molar-refractivity contribution is 5.99. The minimum absolute atomic E-state index is 0.0379. The van der Waals surface area contributed by atoms with Crippen molar-refractivity contribution in [1.82, 2.24) is 10.2 Å². The van der Waals surface area contributed by atoms with Gasteiger partial charge in [-0.1, -0.05) is 27.7 Å². The van der Waals surface area contributed by atoms with Crippen LogP contribution in [0.2, 0.25) is 0 Å². The van der Waals surface area contributed by atoms with Crippen molar-refractivity contribution >= 4 is 11.8 Å². The van der Waals surface area contributed by atoms with E-state index in [1.807, 2.05) is 13.8 Å². The van der Waals surface area contributed by atoms with Gasteiger partial charge in [0.15, 0.2) is 0 Å². The van der Waals surface area contributed by atoms with E-state index in [-0.39, 0.29) is 23.3 Å². The highest BCUT2D eigenvalue weighted by Crippen LogP contribution is 2.27. The summed E-state index contributed by atoms with van der Waals surface area (Å²) in [7, 11) is 0. The third-order valence-electron chi connectivity index (χ3n) is 4.24. The second kappa shape index (κ2) is 4.90. The number of hydrogen-bond acceptors (Lipinski definition) is 2. The van der Waals surface area contributed by atoms with Gasteiger partial charge in [0.25, 0.3) is 0 Å². The number of nitrogens with zero attached hydrogens (tertiary/aromatic N) is 1. The fraction of sp³-hybridized carbons (Fsp3) is 0.857. The Hall–Kier alpha value is -1.06. The second-order valence-electron chi connectivity index (χ2n) is 6.30. The quantitative estimate of drug-likeness (QED) is 0.833. The summed E-state index contributed by atoms with van der Waals surface area (Å²) in [5, 5.41) is 2.85. The first-order valence-corrected chi connectivity index (χ1v) is 6.80. The van der Waals surface area contributed by atoms with Gasteiger partial charge in [0.05, 0.1) is 0 Å². The number of rotatable bonds is 4. The summed E-state index contributed by atoms with van der Waals surface area (Å²) in [6.07, 6.45) is 1.60. The predicted octanol–water partition coefficient (Wildman–Crippen LogP) is 1.94. The lowest BCUT2D eigenvalue weighted by Crippen LogP contribution is -2.69. The van der Waals surface area contributed by atoms with Crippen molar-refractivity contribution in [1.29, 1.82) is 0 Å². The number of carbonyl (C=O) groups is 2. The Morgan fingerprint density at radius 1 is 1.33 bits per heavy atom. The number of amides is 2. The van der Waals surface area contributed by atoms with E-state index in [0.29, 0.717) is 13.0 Å². The predicted molar refractivity (Wildman–Crippen MR) is 72.1 cm³/mol. The number of hydrogen-bond donors (Lipinski definition) is 1. The molecule has 2 atom stereocenters. The first-order valence-electron chi connectivity index (χ1n) is 6.80.